The fourth-order valence-electron chi connectivity index (χ4n) is 0.662. The third-order valence-electron chi connectivity index (χ3n) is 1.32. The summed E-state index contributed by atoms with van der Waals surface area (Å²) in [6.45, 7) is 1.88. The summed E-state index contributed by atoms with van der Waals surface area (Å²) in [5, 5.41) is 17.4. The van der Waals surface area contributed by atoms with Crippen LogP contribution in [0.2, 0.25) is 0 Å². The summed E-state index contributed by atoms with van der Waals surface area (Å²) in [5.41, 5.74) is 1.22. The first-order chi connectivity index (χ1) is 5.11. The molecule has 0 saturated carbocycles. The van der Waals surface area contributed by atoms with E-state index in [1.165, 1.54) is 0 Å². The van der Waals surface area contributed by atoms with Crippen LogP contribution in [-0.2, 0) is 0 Å². The Morgan fingerprint density at radius 3 is 2.55 bits per heavy atom. The molecular weight excluding hydrogens is 209 g/mol. The molecule has 1 aromatic heterocycles. The molecule has 0 aliphatic rings. The van der Waals surface area contributed by atoms with Crippen molar-refractivity contribution in [1.82, 2.24) is 4.98 Å². The summed E-state index contributed by atoms with van der Waals surface area (Å²) in [4.78, 5) is 3.89. The van der Waals surface area contributed by atoms with Crippen LogP contribution in [0.5, 0.6) is 0 Å². The molecule has 0 bridgehead atoms. The summed E-state index contributed by atoms with van der Waals surface area (Å²) in [6.07, 6.45) is 0. The lowest BCUT2D eigenvalue weighted by Gasteiger charge is -2.00. The fourth-order valence-corrected chi connectivity index (χ4v) is 0.999. The molecule has 0 amide bonds. The zero-order valence-electron chi connectivity index (χ0n) is 5.95. The first-order valence-electron chi connectivity index (χ1n) is 3.10. The van der Waals surface area contributed by atoms with Gasteiger partial charge in [0.05, 0.1) is 5.59 Å². The van der Waals surface area contributed by atoms with E-state index in [4.69, 9.17) is 10.0 Å². The molecule has 0 aliphatic heterocycles. The highest BCUT2D eigenvalue weighted by Crippen LogP contribution is 2.08. The second kappa shape index (κ2) is 3.34. The minimum absolute atomic E-state index is 0.252. The highest BCUT2D eigenvalue weighted by molar-refractivity contribution is 9.10. The van der Waals surface area contributed by atoms with E-state index in [2.05, 4.69) is 20.9 Å². The lowest BCUT2D eigenvalue weighted by molar-refractivity contribution is 0.424. The predicted molar refractivity (Wildman–Crippen MR) is 46.5 cm³/mol. The van der Waals surface area contributed by atoms with E-state index in [-0.39, 0.29) is 5.59 Å². The van der Waals surface area contributed by atoms with E-state index >= 15 is 0 Å². The van der Waals surface area contributed by atoms with Crippen molar-refractivity contribution in [2.75, 3.05) is 0 Å². The Morgan fingerprint density at radius 1 is 1.45 bits per heavy atom. The molecule has 11 heavy (non-hydrogen) atoms. The van der Waals surface area contributed by atoms with Crippen molar-refractivity contribution in [3.05, 3.63) is 22.3 Å². The highest BCUT2D eigenvalue weighted by Gasteiger charge is 2.12. The number of aryl methyl sites for hydroxylation is 1. The van der Waals surface area contributed by atoms with Crippen LogP contribution in [0.4, 0.5) is 0 Å². The Morgan fingerprint density at radius 2 is 2.09 bits per heavy atom. The predicted octanol–water partition coefficient (Wildman–Crippen LogP) is -0.168. The average Bonchev–Trinajstić information content (AvgIpc) is 1.94. The van der Waals surface area contributed by atoms with Crippen molar-refractivity contribution < 1.29 is 10.0 Å². The second-order valence-corrected chi connectivity index (χ2v) is 2.97. The summed E-state index contributed by atoms with van der Waals surface area (Å²) in [5.74, 6) is 0. The van der Waals surface area contributed by atoms with E-state index in [0.717, 1.165) is 5.56 Å². The number of hydrogen-bond donors (Lipinski definition) is 2. The Balaban J connectivity index is 3.05. The lowest BCUT2D eigenvalue weighted by atomic mass is 9.85. The van der Waals surface area contributed by atoms with Crippen LogP contribution in [0.1, 0.15) is 5.56 Å². The summed E-state index contributed by atoms with van der Waals surface area (Å²) >= 11 is 3.18. The average molecular weight is 216 g/mol. The van der Waals surface area contributed by atoms with Crippen molar-refractivity contribution in [1.29, 1.82) is 0 Å². The molecule has 0 radical (unpaired) electrons. The van der Waals surface area contributed by atoms with E-state index < -0.39 is 7.12 Å². The standard InChI is InChI=1S/C6H7BBrNO2/c1-4-2-3-5(7(10)11)9-6(4)8/h2-3,10-11H,1H3. The van der Waals surface area contributed by atoms with Gasteiger partial charge in [0.25, 0.3) is 0 Å². The Kier molecular flexibility index (Phi) is 2.65. The van der Waals surface area contributed by atoms with Gasteiger partial charge in [0.1, 0.15) is 4.60 Å². The van der Waals surface area contributed by atoms with E-state index in [1.54, 1.807) is 12.1 Å². The maximum Gasteiger partial charge on any atom is 0.508 e. The molecule has 0 spiro atoms. The van der Waals surface area contributed by atoms with Crippen LogP contribution in [0, 0.1) is 6.92 Å². The van der Waals surface area contributed by atoms with E-state index in [1.807, 2.05) is 6.92 Å². The van der Waals surface area contributed by atoms with Gasteiger partial charge in [-0.25, -0.2) is 4.98 Å². The van der Waals surface area contributed by atoms with Crippen molar-refractivity contribution >= 4 is 28.6 Å². The largest absolute Gasteiger partial charge is 0.508 e. The first-order valence-corrected chi connectivity index (χ1v) is 3.89. The fraction of sp³-hybridized carbons (Fsp3) is 0.167. The van der Waals surface area contributed by atoms with Gasteiger partial charge in [-0.3, -0.25) is 0 Å². The van der Waals surface area contributed by atoms with Crippen LogP contribution in [0.15, 0.2) is 16.7 Å². The van der Waals surface area contributed by atoms with Gasteiger partial charge in [-0.1, -0.05) is 6.07 Å². The zero-order chi connectivity index (χ0) is 8.43. The van der Waals surface area contributed by atoms with Crippen LogP contribution in [0.3, 0.4) is 0 Å². The molecule has 1 aromatic rings. The Bertz CT molecular complexity index is 267. The molecule has 0 fully saturated rings. The SMILES string of the molecule is Cc1ccc(B(O)O)nc1Br. The molecule has 0 unspecified atom stereocenters. The molecule has 58 valence electrons. The van der Waals surface area contributed by atoms with Crippen molar-refractivity contribution in [2.24, 2.45) is 0 Å². The maximum atomic E-state index is 8.71. The van der Waals surface area contributed by atoms with Crippen LogP contribution in [-0.4, -0.2) is 22.2 Å². The third-order valence-corrected chi connectivity index (χ3v) is 2.12. The van der Waals surface area contributed by atoms with Gasteiger partial charge >= 0.3 is 7.12 Å². The maximum absolute atomic E-state index is 8.71. The molecule has 1 rings (SSSR count). The van der Waals surface area contributed by atoms with Crippen LogP contribution < -0.4 is 5.59 Å². The smallest absolute Gasteiger partial charge is 0.422 e. The number of pyridine rings is 1. The molecule has 3 nitrogen and oxygen atoms in total. The van der Waals surface area contributed by atoms with Gasteiger partial charge in [0, 0.05) is 0 Å². The summed E-state index contributed by atoms with van der Waals surface area (Å²) in [7, 11) is -1.49. The van der Waals surface area contributed by atoms with Crippen molar-refractivity contribution in [3.63, 3.8) is 0 Å². The summed E-state index contributed by atoms with van der Waals surface area (Å²) in [6, 6.07) is 3.34. The molecular formula is C6H7BBrNO2. The number of aromatic nitrogens is 1. The van der Waals surface area contributed by atoms with Crippen LogP contribution >= 0.6 is 15.9 Å². The minimum Gasteiger partial charge on any atom is -0.422 e. The van der Waals surface area contributed by atoms with Gasteiger partial charge < -0.3 is 10.0 Å². The molecule has 0 aromatic carbocycles. The van der Waals surface area contributed by atoms with Crippen molar-refractivity contribution in [2.45, 2.75) is 6.92 Å². The van der Waals surface area contributed by atoms with Crippen molar-refractivity contribution in [3.8, 4) is 0 Å². The zero-order valence-corrected chi connectivity index (χ0v) is 7.54. The monoisotopic (exact) mass is 215 g/mol. The Labute approximate surface area is 73.4 Å². The molecule has 0 aliphatic carbocycles. The van der Waals surface area contributed by atoms with E-state index in [0.29, 0.717) is 4.60 Å². The van der Waals surface area contributed by atoms with Gasteiger partial charge in [0.2, 0.25) is 0 Å². The van der Waals surface area contributed by atoms with Gasteiger partial charge in [0.15, 0.2) is 0 Å². The summed E-state index contributed by atoms with van der Waals surface area (Å²) < 4.78 is 0.642. The molecule has 0 saturated heterocycles. The van der Waals surface area contributed by atoms with Gasteiger partial charge in [-0.15, -0.1) is 0 Å². The molecule has 0 atom stereocenters. The number of halogens is 1. The molecule has 2 N–H and O–H groups in total. The minimum atomic E-state index is -1.49. The first kappa shape index (κ1) is 8.71. The lowest BCUT2D eigenvalue weighted by Crippen LogP contribution is -2.32. The van der Waals surface area contributed by atoms with Gasteiger partial charge in [-0.2, -0.15) is 0 Å². The van der Waals surface area contributed by atoms with Gasteiger partial charge in [-0.05, 0) is 34.5 Å². The number of nitrogens with zero attached hydrogens (tertiary/aromatic N) is 1. The molecule has 5 heteroatoms. The second-order valence-electron chi connectivity index (χ2n) is 2.22. The normalized spacial score (nSPS) is 9.82. The van der Waals surface area contributed by atoms with E-state index in [9.17, 15) is 0 Å². The molecule has 1 heterocycles. The number of rotatable bonds is 1. The topological polar surface area (TPSA) is 53.4 Å². The quantitative estimate of drug-likeness (QED) is 0.506. The Hall–Kier alpha value is -0.385. The highest BCUT2D eigenvalue weighted by atomic mass is 79.9. The van der Waals surface area contributed by atoms with Crippen LogP contribution in [0.25, 0.3) is 0 Å². The number of hydrogen-bond acceptors (Lipinski definition) is 3. The third kappa shape index (κ3) is 2.02.